The highest BCUT2D eigenvalue weighted by molar-refractivity contribution is 8.00. The number of thioether (sulfide) groups is 1. The molecule has 0 N–H and O–H groups in total. The van der Waals surface area contributed by atoms with Crippen LogP contribution < -0.4 is 0 Å². The molecule has 1 unspecified atom stereocenters. The van der Waals surface area contributed by atoms with Crippen LogP contribution in [0, 0.1) is 11.3 Å². The largest absolute Gasteiger partial charge is 0.301 e. The summed E-state index contributed by atoms with van der Waals surface area (Å²) in [7, 11) is 0. The van der Waals surface area contributed by atoms with E-state index >= 15 is 0 Å². The normalized spacial score (nSPS) is 24.2. The van der Waals surface area contributed by atoms with Gasteiger partial charge in [0, 0.05) is 30.5 Å². The van der Waals surface area contributed by atoms with Crippen molar-refractivity contribution in [1.29, 1.82) is 5.26 Å². The minimum atomic E-state index is 0.709. The molecule has 0 aliphatic carbocycles. The molecule has 0 spiro atoms. The molecule has 0 aromatic heterocycles. The van der Waals surface area contributed by atoms with Gasteiger partial charge in [-0.2, -0.15) is 17.0 Å². The van der Waals surface area contributed by atoms with Gasteiger partial charge in [0.1, 0.15) is 0 Å². The third-order valence-electron chi connectivity index (χ3n) is 2.44. The second-order valence-electron chi connectivity index (χ2n) is 3.46. The Morgan fingerprint density at radius 2 is 2.46 bits per heavy atom. The van der Waals surface area contributed by atoms with Crippen LogP contribution in [0.4, 0.5) is 0 Å². The molecule has 0 bridgehead atoms. The van der Waals surface area contributed by atoms with Crippen molar-refractivity contribution in [3.63, 3.8) is 0 Å². The van der Waals surface area contributed by atoms with Gasteiger partial charge in [0.05, 0.1) is 6.07 Å². The first-order valence-electron chi connectivity index (χ1n) is 5.07. The summed E-state index contributed by atoms with van der Waals surface area (Å²) in [5, 5.41) is 9.25. The number of nitrogens with zero attached hydrogens (tertiary/aromatic N) is 2. The summed E-state index contributed by atoms with van der Waals surface area (Å²) in [5.41, 5.74) is 0. The van der Waals surface area contributed by atoms with Crippen LogP contribution >= 0.6 is 11.8 Å². The van der Waals surface area contributed by atoms with Crippen molar-refractivity contribution >= 4 is 11.8 Å². The van der Waals surface area contributed by atoms with Gasteiger partial charge in [0.25, 0.3) is 0 Å². The molecule has 0 saturated carbocycles. The van der Waals surface area contributed by atoms with Gasteiger partial charge in [-0.15, -0.1) is 0 Å². The second-order valence-corrected chi connectivity index (χ2v) is 4.87. The lowest BCUT2D eigenvalue weighted by Gasteiger charge is -2.31. The molecule has 1 fully saturated rings. The third-order valence-corrected chi connectivity index (χ3v) is 3.81. The van der Waals surface area contributed by atoms with Gasteiger partial charge in [0.15, 0.2) is 0 Å². The Kier molecular flexibility index (Phi) is 5.26. The van der Waals surface area contributed by atoms with Crippen LogP contribution in [0.3, 0.4) is 0 Å². The lowest BCUT2D eigenvalue weighted by Crippen LogP contribution is -2.38. The van der Waals surface area contributed by atoms with Crippen LogP contribution in [0.5, 0.6) is 0 Å². The lowest BCUT2D eigenvalue weighted by atomic mass is 10.2. The molecule has 0 amide bonds. The molecular weight excluding hydrogens is 180 g/mol. The standard InChI is InChI=1S/C10H18N2S/c1-2-10-9-12(7-8-13-10)6-4-3-5-11/h10H,2-4,6-9H2,1H3. The zero-order chi connectivity index (χ0) is 9.52. The van der Waals surface area contributed by atoms with Crippen molar-refractivity contribution in [3.8, 4) is 6.07 Å². The van der Waals surface area contributed by atoms with E-state index < -0.39 is 0 Å². The average Bonchev–Trinajstić information content (AvgIpc) is 2.19. The molecule has 74 valence electrons. The predicted octanol–water partition coefficient (Wildman–Crippen LogP) is 2.12. The van der Waals surface area contributed by atoms with E-state index in [1.54, 1.807) is 0 Å². The molecule has 1 aliphatic heterocycles. The molecule has 0 aromatic rings. The van der Waals surface area contributed by atoms with E-state index in [2.05, 4.69) is 29.7 Å². The van der Waals surface area contributed by atoms with Crippen molar-refractivity contribution in [2.45, 2.75) is 31.4 Å². The van der Waals surface area contributed by atoms with Crippen molar-refractivity contribution in [2.75, 3.05) is 25.4 Å². The van der Waals surface area contributed by atoms with E-state index in [4.69, 9.17) is 5.26 Å². The number of hydrogen-bond donors (Lipinski definition) is 0. The van der Waals surface area contributed by atoms with Crippen molar-refractivity contribution in [3.05, 3.63) is 0 Å². The van der Waals surface area contributed by atoms with Gasteiger partial charge >= 0.3 is 0 Å². The Morgan fingerprint density at radius 1 is 1.62 bits per heavy atom. The Balaban J connectivity index is 2.15. The molecule has 2 nitrogen and oxygen atoms in total. The van der Waals surface area contributed by atoms with Crippen LogP contribution in [0.2, 0.25) is 0 Å². The Hall–Kier alpha value is -0.200. The predicted molar refractivity (Wildman–Crippen MR) is 57.8 cm³/mol. The third kappa shape index (κ3) is 4.02. The fourth-order valence-corrected chi connectivity index (χ4v) is 2.86. The molecule has 13 heavy (non-hydrogen) atoms. The molecule has 1 rings (SSSR count). The van der Waals surface area contributed by atoms with Crippen molar-refractivity contribution < 1.29 is 0 Å². The van der Waals surface area contributed by atoms with Gasteiger partial charge in [-0.3, -0.25) is 0 Å². The van der Waals surface area contributed by atoms with Gasteiger partial charge in [0.2, 0.25) is 0 Å². The molecule has 0 aromatic carbocycles. The summed E-state index contributed by atoms with van der Waals surface area (Å²) >= 11 is 2.10. The average molecular weight is 198 g/mol. The van der Waals surface area contributed by atoms with Crippen LogP contribution in [-0.4, -0.2) is 35.5 Å². The van der Waals surface area contributed by atoms with E-state index in [0.29, 0.717) is 6.42 Å². The summed E-state index contributed by atoms with van der Waals surface area (Å²) in [6, 6.07) is 2.20. The Morgan fingerprint density at radius 3 is 3.15 bits per heavy atom. The summed E-state index contributed by atoms with van der Waals surface area (Å²) in [4.78, 5) is 2.50. The SMILES string of the molecule is CCC1CN(CCCC#N)CCS1. The smallest absolute Gasteiger partial charge is 0.0622 e. The Bertz CT molecular complexity index is 176. The Labute approximate surface area is 85.3 Å². The maximum Gasteiger partial charge on any atom is 0.0622 e. The highest BCUT2D eigenvalue weighted by Gasteiger charge is 2.17. The van der Waals surface area contributed by atoms with Gasteiger partial charge in [-0.05, 0) is 19.4 Å². The first-order valence-corrected chi connectivity index (χ1v) is 6.12. The zero-order valence-electron chi connectivity index (χ0n) is 8.33. The van der Waals surface area contributed by atoms with E-state index in [0.717, 1.165) is 18.2 Å². The fourth-order valence-electron chi connectivity index (χ4n) is 1.61. The number of unbranched alkanes of at least 4 members (excludes halogenated alkanes) is 1. The zero-order valence-corrected chi connectivity index (χ0v) is 9.15. The van der Waals surface area contributed by atoms with Crippen molar-refractivity contribution in [2.24, 2.45) is 0 Å². The van der Waals surface area contributed by atoms with Crippen LogP contribution in [0.15, 0.2) is 0 Å². The number of rotatable bonds is 4. The lowest BCUT2D eigenvalue weighted by molar-refractivity contribution is 0.279. The molecule has 0 radical (unpaired) electrons. The van der Waals surface area contributed by atoms with Crippen LogP contribution in [0.25, 0.3) is 0 Å². The van der Waals surface area contributed by atoms with Gasteiger partial charge in [-0.1, -0.05) is 6.92 Å². The van der Waals surface area contributed by atoms with Crippen LogP contribution in [0.1, 0.15) is 26.2 Å². The maximum absolute atomic E-state index is 8.42. The minimum absolute atomic E-state index is 0.709. The topological polar surface area (TPSA) is 27.0 Å². The second kappa shape index (κ2) is 6.28. The first kappa shape index (κ1) is 10.9. The van der Waals surface area contributed by atoms with E-state index in [1.807, 2.05) is 0 Å². The fraction of sp³-hybridized carbons (Fsp3) is 0.900. The van der Waals surface area contributed by atoms with E-state index in [1.165, 1.54) is 25.3 Å². The molecule has 3 heteroatoms. The molecule has 1 atom stereocenters. The van der Waals surface area contributed by atoms with E-state index in [9.17, 15) is 0 Å². The number of nitriles is 1. The van der Waals surface area contributed by atoms with E-state index in [-0.39, 0.29) is 0 Å². The highest BCUT2D eigenvalue weighted by Crippen LogP contribution is 2.20. The minimum Gasteiger partial charge on any atom is -0.301 e. The quantitative estimate of drug-likeness (QED) is 0.647. The maximum atomic E-state index is 8.42. The van der Waals surface area contributed by atoms with Crippen LogP contribution in [-0.2, 0) is 0 Å². The molecule has 1 aliphatic rings. The highest BCUT2D eigenvalue weighted by atomic mass is 32.2. The van der Waals surface area contributed by atoms with Gasteiger partial charge in [-0.25, -0.2) is 0 Å². The summed E-state index contributed by atoms with van der Waals surface area (Å²) in [6.45, 7) is 5.82. The summed E-state index contributed by atoms with van der Waals surface area (Å²) < 4.78 is 0. The molecule has 1 saturated heterocycles. The van der Waals surface area contributed by atoms with Gasteiger partial charge < -0.3 is 4.90 Å². The number of hydrogen-bond acceptors (Lipinski definition) is 3. The first-order chi connectivity index (χ1) is 6.36. The summed E-state index contributed by atoms with van der Waals surface area (Å²) in [5.74, 6) is 1.27. The molecule has 1 heterocycles. The van der Waals surface area contributed by atoms with Crippen molar-refractivity contribution in [1.82, 2.24) is 4.90 Å². The summed E-state index contributed by atoms with van der Waals surface area (Å²) in [6.07, 6.45) is 3.03. The monoisotopic (exact) mass is 198 g/mol. The molecular formula is C10H18N2S.